The van der Waals surface area contributed by atoms with Crippen LogP contribution >= 0.6 is 11.3 Å². The number of rotatable bonds is 1. The van der Waals surface area contributed by atoms with Crippen LogP contribution in [-0.2, 0) is 12.8 Å². The molecule has 1 saturated carbocycles. The third-order valence-corrected chi connectivity index (χ3v) is 7.10. The average molecular weight is 358 g/mol. The van der Waals surface area contributed by atoms with Crippen molar-refractivity contribution >= 4 is 27.3 Å². The first-order valence-electron chi connectivity index (χ1n) is 9.52. The largest absolute Gasteiger partial charge is 0.282 e. The van der Waals surface area contributed by atoms with Crippen molar-refractivity contribution in [1.29, 1.82) is 0 Å². The zero-order valence-corrected chi connectivity index (χ0v) is 16.3. The second-order valence-electron chi connectivity index (χ2n) is 8.59. The van der Waals surface area contributed by atoms with Crippen LogP contribution in [0.15, 0.2) is 16.2 Å². The van der Waals surface area contributed by atoms with Crippen LogP contribution in [0.2, 0.25) is 0 Å². The minimum atomic E-state index is 0.0230. The molecule has 0 atom stereocenters. The Morgan fingerprint density at radius 2 is 1.88 bits per heavy atom. The number of hydrogen-bond acceptors (Lipinski definition) is 4. The molecule has 134 valence electrons. The first-order valence-corrected chi connectivity index (χ1v) is 10.3. The van der Waals surface area contributed by atoms with E-state index in [-0.39, 0.29) is 5.56 Å². The number of thiophene rings is 1. The number of aryl methyl sites for hydroxylation is 2. The molecule has 0 N–H and O–H groups in total. The van der Waals surface area contributed by atoms with Crippen molar-refractivity contribution in [3.8, 4) is 0 Å². The fraction of sp³-hybridized carbons (Fsp3) is 0.650. The fourth-order valence-corrected chi connectivity index (χ4v) is 5.50. The number of hydrogen-bond donors (Lipinski definition) is 0. The van der Waals surface area contributed by atoms with Gasteiger partial charge in [-0.05, 0) is 68.3 Å². The van der Waals surface area contributed by atoms with Crippen molar-refractivity contribution < 1.29 is 0 Å². The van der Waals surface area contributed by atoms with Gasteiger partial charge in [-0.15, -0.1) is 11.3 Å². The molecular formula is C20H27N3OS. The van der Waals surface area contributed by atoms with Crippen molar-refractivity contribution in [2.45, 2.75) is 72.1 Å². The van der Waals surface area contributed by atoms with Crippen molar-refractivity contribution in [2.75, 3.05) is 0 Å². The summed E-state index contributed by atoms with van der Waals surface area (Å²) in [4.78, 5) is 19.8. The number of aromatic nitrogens is 2. The summed E-state index contributed by atoms with van der Waals surface area (Å²) in [6.45, 7) is 6.96. The Bertz CT molecular complexity index is 875. The molecule has 4 nitrogen and oxygen atoms in total. The molecular weight excluding hydrogens is 330 g/mol. The van der Waals surface area contributed by atoms with Gasteiger partial charge in [0.05, 0.1) is 5.39 Å². The van der Waals surface area contributed by atoms with E-state index in [2.05, 4.69) is 30.9 Å². The molecule has 0 spiro atoms. The predicted molar refractivity (Wildman–Crippen MR) is 105 cm³/mol. The normalized spacial score (nSPS) is 21.4. The number of nitrogens with zero attached hydrogens (tertiary/aromatic N) is 3. The summed E-state index contributed by atoms with van der Waals surface area (Å²) >= 11 is 1.70. The molecule has 2 heterocycles. The molecule has 2 aromatic rings. The Kier molecular flexibility index (Phi) is 4.30. The van der Waals surface area contributed by atoms with Gasteiger partial charge in [-0.2, -0.15) is 9.78 Å². The molecule has 0 unspecified atom stereocenters. The molecule has 0 radical (unpaired) electrons. The summed E-state index contributed by atoms with van der Waals surface area (Å²) in [5.74, 6) is 0.743. The zero-order chi connectivity index (χ0) is 17.6. The van der Waals surface area contributed by atoms with Crippen LogP contribution in [0.5, 0.6) is 0 Å². The lowest BCUT2D eigenvalue weighted by molar-refractivity contribution is 0.208. The molecule has 0 aromatic carbocycles. The third-order valence-electron chi connectivity index (χ3n) is 5.90. The first-order chi connectivity index (χ1) is 11.9. The van der Waals surface area contributed by atoms with E-state index in [4.69, 9.17) is 0 Å². The van der Waals surface area contributed by atoms with Gasteiger partial charge in [0, 0.05) is 10.6 Å². The second kappa shape index (κ2) is 6.35. The lowest BCUT2D eigenvalue weighted by Gasteiger charge is -2.34. The maximum absolute atomic E-state index is 13.0. The monoisotopic (exact) mass is 357 g/mol. The van der Waals surface area contributed by atoms with Crippen LogP contribution in [0.3, 0.4) is 0 Å². The van der Waals surface area contributed by atoms with Gasteiger partial charge in [0.15, 0.2) is 0 Å². The van der Waals surface area contributed by atoms with E-state index in [1.54, 1.807) is 17.7 Å². The SMILES string of the molecule is CC(C)(C)C1CCC(=Nn2cnc3sc4c(c3c2=O)CCCC4)CC1. The third kappa shape index (κ3) is 3.19. The summed E-state index contributed by atoms with van der Waals surface area (Å²) in [5, 5.41) is 5.50. The van der Waals surface area contributed by atoms with Crippen LogP contribution in [0, 0.1) is 11.3 Å². The van der Waals surface area contributed by atoms with Crippen LogP contribution < -0.4 is 5.56 Å². The van der Waals surface area contributed by atoms with Crippen molar-refractivity contribution in [3.05, 3.63) is 27.1 Å². The highest BCUT2D eigenvalue weighted by Gasteiger charge is 2.28. The minimum Gasteiger partial charge on any atom is -0.267 e. The summed E-state index contributed by atoms with van der Waals surface area (Å²) in [5.41, 5.74) is 2.77. The molecule has 4 rings (SSSR count). The quantitative estimate of drug-likeness (QED) is 0.737. The standard InChI is InChI=1S/C20H27N3OS/c1-20(2,3)13-8-10-14(11-9-13)22-23-12-21-18-17(19(23)24)15-6-4-5-7-16(15)25-18/h12-13H,4-11H2,1-3H3. The Hall–Kier alpha value is -1.49. The van der Waals surface area contributed by atoms with Gasteiger partial charge >= 0.3 is 0 Å². The fourth-order valence-electron chi connectivity index (χ4n) is 4.28. The van der Waals surface area contributed by atoms with Crippen LogP contribution in [0.4, 0.5) is 0 Å². The summed E-state index contributed by atoms with van der Waals surface area (Å²) in [6.07, 6.45) is 10.5. The Balaban J connectivity index is 1.64. The number of fused-ring (bicyclic) bond motifs is 3. The van der Waals surface area contributed by atoms with Gasteiger partial charge in [0.1, 0.15) is 11.2 Å². The van der Waals surface area contributed by atoms with Crippen LogP contribution in [0.25, 0.3) is 10.2 Å². The van der Waals surface area contributed by atoms with Gasteiger partial charge in [-0.3, -0.25) is 4.79 Å². The van der Waals surface area contributed by atoms with Gasteiger partial charge in [-0.25, -0.2) is 4.98 Å². The van der Waals surface area contributed by atoms with E-state index in [9.17, 15) is 4.79 Å². The molecule has 0 amide bonds. The van der Waals surface area contributed by atoms with Crippen LogP contribution in [0.1, 0.15) is 69.7 Å². The topological polar surface area (TPSA) is 47.2 Å². The highest BCUT2D eigenvalue weighted by molar-refractivity contribution is 7.18. The average Bonchev–Trinajstić information content (AvgIpc) is 2.96. The molecule has 2 aromatic heterocycles. The molecule has 5 heteroatoms. The van der Waals surface area contributed by atoms with Crippen molar-refractivity contribution in [3.63, 3.8) is 0 Å². The summed E-state index contributed by atoms with van der Waals surface area (Å²) in [6, 6.07) is 0. The maximum atomic E-state index is 13.0. The summed E-state index contributed by atoms with van der Waals surface area (Å²) < 4.78 is 1.50. The Morgan fingerprint density at radius 1 is 1.16 bits per heavy atom. The zero-order valence-electron chi connectivity index (χ0n) is 15.5. The van der Waals surface area contributed by atoms with E-state index in [1.807, 2.05) is 0 Å². The minimum absolute atomic E-state index is 0.0230. The van der Waals surface area contributed by atoms with E-state index in [0.717, 1.165) is 47.5 Å². The van der Waals surface area contributed by atoms with Gasteiger partial charge in [0.2, 0.25) is 0 Å². The van der Waals surface area contributed by atoms with E-state index < -0.39 is 0 Å². The van der Waals surface area contributed by atoms with E-state index in [0.29, 0.717) is 5.41 Å². The molecule has 25 heavy (non-hydrogen) atoms. The summed E-state index contributed by atoms with van der Waals surface area (Å²) in [7, 11) is 0. The predicted octanol–water partition coefficient (Wildman–Crippen LogP) is 4.78. The second-order valence-corrected chi connectivity index (χ2v) is 9.68. The van der Waals surface area contributed by atoms with Gasteiger partial charge < -0.3 is 0 Å². The maximum Gasteiger partial charge on any atom is 0.282 e. The molecule has 0 aliphatic heterocycles. The molecule has 0 saturated heterocycles. The van der Waals surface area contributed by atoms with E-state index in [1.165, 1.54) is 40.8 Å². The van der Waals surface area contributed by atoms with Crippen molar-refractivity contribution in [1.82, 2.24) is 9.66 Å². The highest BCUT2D eigenvalue weighted by Crippen LogP contribution is 2.37. The molecule has 2 aliphatic rings. The first kappa shape index (κ1) is 17.0. The lowest BCUT2D eigenvalue weighted by Crippen LogP contribution is -2.27. The molecule has 1 fully saturated rings. The Morgan fingerprint density at radius 3 is 2.60 bits per heavy atom. The van der Waals surface area contributed by atoms with Gasteiger partial charge in [0.25, 0.3) is 5.56 Å². The van der Waals surface area contributed by atoms with Gasteiger partial charge in [-0.1, -0.05) is 20.8 Å². The van der Waals surface area contributed by atoms with E-state index >= 15 is 0 Å². The van der Waals surface area contributed by atoms with Crippen molar-refractivity contribution in [2.24, 2.45) is 16.4 Å². The lowest BCUT2D eigenvalue weighted by atomic mass is 9.72. The van der Waals surface area contributed by atoms with Crippen LogP contribution in [-0.4, -0.2) is 15.4 Å². The molecule has 0 bridgehead atoms. The Labute approximate surface area is 153 Å². The highest BCUT2D eigenvalue weighted by atomic mass is 32.1. The smallest absolute Gasteiger partial charge is 0.267 e. The molecule has 2 aliphatic carbocycles.